The van der Waals surface area contributed by atoms with E-state index in [1.165, 1.54) is 19.4 Å². The topological polar surface area (TPSA) is 56.5 Å². The van der Waals surface area contributed by atoms with Crippen LogP contribution in [0.5, 0.6) is 0 Å². The third kappa shape index (κ3) is 2.63. The minimum Gasteiger partial charge on any atom is -0.465 e. The number of fused-ring (bicyclic) bond motifs is 1. The van der Waals surface area contributed by atoms with Crippen LogP contribution in [0.1, 0.15) is 21.5 Å². The van der Waals surface area contributed by atoms with Crippen LogP contribution in [0.2, 0.25) is 0 Å². The summed E-state index contributed by atoms with van der Waals surface area (Å²) in [5, 5.41) is 0.459. The predicted molar refractivity (Wildman–Crippen MR) is 83.1 cm³/mol. The molecule has 110 valence electrons. The van der Waals surface area contributed by atoms with Crippen LogP contribution in [0.4, 0.5) is 0 Å². The molecule has 0 bridgehead atoms. The van der Waals surface area contributed by atoms with Gasteiger partial charge in [-0.25, -0.2) is 4.79 Å². The molecule has 0 saturated carbocycles. The van der Waals surface area contributed by atoms with E-state index in [1.54, 1.807) is 12.1 Å². The lowest BCUT2D eigenvalue weighted by molar-refractivity contribution is 0.0601. The minimum atomic E-state index is -0.460. The van der Waals surface area contributed by atoms with Gasteiger partial charge >= 0.3 is 5.97 Å². The van der Waals surface area contributed by atoms with Gasteiger partial charge in [-0.05, 0) is 23.8 Å². The molecule has 0 spiro atoms. The third-order valence-electron chi connectivity index (χ3n) is 3.50. The molecular formula is C18H14O4. The van der Waals surface area contributed by atoms with Crippen molar-refractivity contribution in [2.75, 3.05) is 7.11 Å². The highest BCUT2D eigenvalue weighted by atomic mass is 16.5. The van der Waals surface area contributed by atoms with Gasteiger partial charge in [-0.2, -0.15) is 0 Å². The van der Waals surface area contributed by atoms with Crippen LogP contribution >= 0.6 is 0 Å². The summed E-state index contributed by atoms with van der Waals surface area (Å²) in [5.74, 6) is -0.460. The molecule has 4 nitrogen and oxygen atoms in total. The number of ether oxygens (including phenoxy) is 1. The Balaban J connectivity index is 2.03. The SMILES string of the molecule is COC(=O)c1ccc2c(=O)c(Cc3ccccc3)coc2c1. The molecule has 0 atom stereocenters. The van der Waals surface area contributed by atoms with E-state index in [1.807, 2.05) is 30.3 Å². The number of carbonyl (C=O) groups is 1. The lowest BCUT2D eigenvalue weighted by Gasteiger charge is -2.04. The van der Waals surface area contributed by atoms with E-state index in [0.717, 1.165) is 5.56 Å². The number of methoxy groups -OCH3 is 1. The zero-order valence-electron chi connectivity index (χ0n) is 12.0. The van der Waals surface area contributed by atoms with Crippen molar-refractivity contribution in [1.82, 2.24) is 0 Å². The van der Waals surface area contributed by atoms with Gasteiger partial charge in [0.2, 0.25) is 0 Å². The van der Waals surface area contributed by atoms with Crippen LogP contribution < -0.4 is 5.43 Å². The van der Waals surface area contributed by atoms with Crippen molar-refractivity contribution in [1.29, 1.82) is 0 Å². The van der Waals surface area contributed by atoms with Crippen molar-refractivity contribution in [3.8, 4) is 0 Å². The average Bonchev–Trinajstić information content (AvgIpc) is 2.57. The Hall–Kier alpha value is -2.88. The molecule has 3 aromatic rings. The molecule has 0 aliphatic rings. The molecule has 3 rings (SSSR count). The Kier molecular flexibility index (Phi) is 3.74. The highest BCUT2D eigenvalue weighted by Crippen LogP contribution is 2.16. The van der Waals surface area contributed by atoms with Gasteiger partial charge in [0.25, 0.3) is 0 Å². The minimum absolute atomic E-state index is 0.0819. The monoisotopic (exact) mass is 294 g/mol. The zero-order valence-corrected chi connectivity index (χ0v) is 12.0. The maximum atomic E-state index is 12.5. The molecule has 1 heterocycles. The number of esters is 1. The van der Waals surface area contributed by atoms with Gasteiger partial charge in [0.15, 0.2) is 5.43 Å². The Morgan fingerprint density at radius 2 is 1.91 bits per heavy atom. The van der Waals surface area contributed by atoms with E-state index < -0.39 is 5.97 Å². The molecule has 2 aromatic carbocycles. The van der Waals surface area contributed by atoms with Crippen LogP contribution in [0.25, 0.3) is 11.0 Å². The molecule has 0 fully saturated rings. The first-order chi connectivity index (χ1) is 10.7. The summed E-state index contributed by atoms with van der Waals surface area (Å²) < 4.78 is 10.2. The summed E-state index contributed by atoms with van der Waals surface area (Å²) in [6, 6.07) is 14.4. The molecule has 1 aromatic heterocycles. The van der Waals surface area contributed by atoms with Crippen molar-refractivity contribution >= 4 is 16.9 Å². The summed E-state index contributed by atoms with van der Waals surface area (Å²) in [7, 11) is 1.31. The molecule has 0 unspecified atom stereocenters. The van der Waals surface area contributed by atoms with Crippen molar-refractivity contribution in [2.24, 2.45) is 0 Å². The maximum absolute atomic E-state index is 12.5. The lowest BCUT2D eigenvalue weighted by Crippen LogP contribution is -2.10. The molecule has 0 radical (unpaired) electrons. The molecule has 0 amide bonds. The molecule has 0 N–H and O–H groups in total. The van der Waals surface area contributed by atoms with E-state index in [0.29, 0.717) is 28.5 Å². The van der Waals surface area contributed by atoms with Gasteiger partial charge in [-0.3, -0.25) is 4.79 Å². The number of hydrogen-bond acceptors (Lipinski definition) is 4. The zero-order chi connectivity index (χ0) is 15.5. The summed E-state index contributed by atoms with van der Waals surface area (Å²) >= 11 is 0. The number of hydrogen-bond donors (Lipinski definition) is 0. The first-order valence-electron chi connectivity index (χ1n) is 6.85. The molecule has 0 saturated heterocycles. The van der Waals surface area contributed by atoms with Crippen molar-refractivity contribution < 1.29 is 13.9 Å². The summed E-state index contributed by atoms with van der Waals surface area (Å²) in [4.78, 5) is 24.0. The molecule has 4 heteroatoms. The molecular weight excluding hydrogens is 280 g/mol. The van der Waals surface area contributed by atoms with Gasteiger partial charge in [-0.15, -0.1) is 0 Å². The van der Waals surface area contributed by atoms with Crippen molar-refractivity contribution in [3.63, 3.8) is 0 Å². The number of carbonyl (C=O) groups excluding carboxylic acids is 1. The second kappa shape index (κ2) is 5.85. The molecule has 0 aliphatic carbocycles. The van der Waals surface area contributed by atoms with E-state index in [9.17, 15) is 9.59 Å². The normalized spacial score (nSPS) is 10.6. The largest absolute Gasteiger partial charge is 0.465 e. The Morgan fingerprint density at radius 3 is 2.64 bits per heavy atom. The second-order valence-corrected chi connectivity index (χ2v) is 4.95. The van der Waals surface area contributed by atoms with Crippen LogP contribution in [0.3, 0.4) is 0 Å². The van der Waals surface area contributed by atoms with Crippen molar-refractivity contribution in [2.45, 2.75) is 6.42 Å². The predicted octanol–water partition coefficient (Wildman–Crippen LogP) is 3.17. The second-order valence-electron chi connectivity index (χ2n) is 4.95. The van der Waals surface area contributed by atoms with E-state index >= 15 is 0 Å². The van der Waals surface area contributed by atoms with Crippen LogP contribution in [-0.4, -0.2) is 13.1 Å². The first-order valence-corrected chi connectivity index (χ1v) is 6.85. The van der Waals surface area contributed by atoms with Crippen molar-refractivity contribution in [3.05, 3.63) is 81.7 Å². The van der Waals surface area contributed by atoms with Crippen LogP contribution in [-0.2, 0) is 11.2 Å². The summed E-state index contributed by atoms with van der Waals surface area (Å²) in [6.45, 7) is 0. The third-order valence-corrected chi connectivity index (χ3v) is 3.50. The molecule has 22 heavy (non-hydrogen) atoms. The van der Waals surface area contributed by atoms with Gasteiger partial charge in [-0.1, -0.05) is 30.3 Å². The number of benzene rings is 2. The van der Waals surface area contributed by atoms with Gasteiger partial charge in [0.05, 0.1) is 24.3 Å². The Morgan fingerprint density at radius 1 is 1.14 bits per heavy atom. The standard InChI is InChI=1S/C18H14O4/c1-21-18(20)13-7-8-15-16(10-13)22-11-14(17(15)19)9-12-5-3-2-4-6-12/h2-8,10-11H,9H2,1H3. The summed E-state index contributed by atoms with van der Waals surface area (Å²) in [6.07, 6.45) is 1.97. The number of rotatable bonds is 3. The van der Waals surface area contributed by atoms with Crippen LogP contribution in [0.15, 0.2) is 64.0 Å². The van der Waals surface area contributed by atoms with Gasteiger partial charge in [0, 0.05) is 12.0 Å². The highest BCUT2D eigenvalue weighted by molar-refractivity contribution is 5.93. The van der Waals surface area contributed by atoms with E-state index in [4.69, 9.17) is 4.42 Å². The fourth-order valence-electron chi connectivity index (χ4n) is 2.35. The smallest absolute Gasteiger partial charge is 0.337 e. The molecule has 0 aliphatic heterocycles. The first kappa shape index (κ1) is 14.1. The van der Waals surface area contributed by atoms with E-state index in [2.05, 4.69) is 4.74 Å². The van der Waals surface area contributed by atoms with Crippen LogP contribution in [0, 0.1) is 0 Å². The Bertz CT molecular complexity index is 878. The van der Waals surface area contributed by atoms with Gasteiger partial charge < -0.3 is 9.15 Å². The quantitative estimate of drug-likeness (QED) is 0.696. The maximum Gasteiger partial charge on any atom is 0.337 e. The Labute approximate surface area is 127 Å². The highest BCUT2D eigenvalue weighted by Gasteiger charge is 2.11. The van der Waals surface area contributed by atoms with Gasteiger partial charge in [0.1, 0.15) is 5.58 Å². The van der Waals surface area contributed by atoms with E-state index in [-0.39, 0.29) is 5.43 Å². The summed E-state index contributed by atoms with van der Waals surface area (Å²) in [5.41, 5.74) is 2.28. The average molecular weight is 294 g/mol. The fraction of sp³-hybridized carbons (Fsp3) is 0.111. The lowest BCUT2D eigenvalue weighted by atomic mass is 10.0. The fourth-order valence-corrected chi connectivity index (χ4v) is 2.35.